The van der Waals surface area contributed by atoms with E-state index in [4.69, 9.17) is 5.11 Å². The van der Waals surface area contributed by atoms with Crippen molar-refractivity contribution < 1.29 is 19.8 Å². The van der Waals surface area contributed by atoms with Gasteiger partial charge in [0.1, 0.15) is 0 Å². The smallest absolute Gasteiger partial charge is 0.314 e. The molecule has 1 aromatic rings. The molecular weight excluding hydrogens is 258 g/mol. The molecule has 0 aliphatic rings. The van der Waals surface area contributed by atoms with Crippen LogP contribution in [-0.2, 0) is 15.0 Å². The second-order valence-corrected chi connectivity index (χ2v) is 5.27. The van der Waals surface area contributed by atoms with E-state index in [9.17, 15) is 14.7 Å². The van der Waals surface area contributed by atoms with Crippen LogP contribution in [0.15, 0.2) is 30.3 Å². The maximum atomic E-state index is 11.9. The third-order valence-electron chi connectivity index (χ3n) is 3.36. The van der Waals surface area contributed by atoms with Crippen LogP contribution in [0, 0.1) is 5.92 Å². The van der Waals surface area contributed by atoms with Crippen molar-refractivity contribution in [3.8, 4) is 0 Å². The Morgan fingerprint density at radius 2 is 1.90 bits per heavy atom. The Kier molecular flexibility index (Phi) is 5.70. The van der Waals surface area contributed by atoms with Gasteiger partial charge >= 0.3 is 5.97 Å². The third-order valence-corrected chi connectivity index (χ3v) is 3.36. The molecule has 1 rings (SSSR count). The molecule has 1 aromatic carbocycles. The van der Waals surface area contributed by atoms with Crippen LogP contribution in [0.3, 0.4) is 0 Å². The van der Waals surface area contributed by atoms with Crippen molar-refractivity contribution in [3.05, 3.63) is 35.9 Å². The average molecular weight is 279 g/mol. The fourth-order valence-electron chi connectivity index (χ4n) is 1.84. The second kappa shape index (κ2) is 7.05. The largest absolute Gasteiger partial charge is 0.481 e. The van der Waals surface area contributed by atoms with Crippen LogP contribution in [-0.4, -0.2) is 35.2 Å². The average Bonchev–Trinajstić information content (AvgIpc) is 2.45. The molecule has 0 bridgehead atoms. The van der Waals surface area contributed by atoms with E-state index in [1.807, 2.05) is 0 Å². The number of nitrogens with one attached hydrogen (secondary N) is 1. The molecule has 2 unspecified atom stereocenters. The van der Waals surface area contributed by atoms with E-state index in [1.165, 1.54) is 0 Å². The lowest BCUT2D eigenvalue weighted by Gasteiger charge is -2.25. The zero-order chi connectivity index (χ0) is 15.2. The van der Waals surface area contributed by atoms with Crippen LogP contribution < -0.4 is 5.32 Å². The normalized spacial score (nSPS) is 15.2. The first-order valence-corrected chi connectivity index (χ1v) is 6.56. The van der Waals surface area contributed by atoms with E-state index in [1.54, 1.807) is 44.2 Å². The Labute approximate surface area is 118 Å². The first-order valence-electron chi connectivity index (χ1n) is 6.56. The quantitative estimate of drug-likeness (QED) is 0.699. The van der Waals surface area contributed by atoms with E-state index in [-0.39, 0.29) is 24.9 Å². The van der Waals surface area contributed by atoms with Crippen LogP contribution in [0.4, 0.5) is 0 Å². The molecule has 5 heteroatoms. The third kappa shape index (κ3) is 4.06. The van der Waals surface area contributed by atoms with Gasteiger partial charge in [0.25, 0.3) is 0 Å². The highest BCUT2D eigenvalue weighted by molar-refractivity contribution is 5.89. The molecule has 0 aliphatic heterocycles. The standard InChI is InChI=1S/C15H21NO4/c1-11(10-17)9-16-13(18)8-15(2,14(19)20)12-6-4-3-5-7-12/h3-7,11,17H,8-10H2,1-2H3,(H,16,18)(H,19,20). The molecule has 110 valence electrons. The van der Waals surface area contributed by atoms with Gasteiger partial charge in [-0.2, -0.15) is 0 Å². The van der Waals surface area contributed by atoms with Crippen molar-refractivity contribution in [2.75, 3.05) is 13.2 Å². The first-order chi connectivity index (χ1) is 9.40. The number of amides is 1. The van der Waals surface area contributed by atoms with Gasteiger partial charge in [0.15, 0.2) is 0 Å². The summed E-state index contributed by atoms with van der Waals surface area (Å²) >= 11 is 0. The minimum atomic E-state index is -1.26. The van der Waals surface area contributed by atoms with Crippen molar-refractivity contribution in [2.24, 2.45) is 5.92 Å². The number of carbonyl (C=O) groups excluding carboxylic acids is 1. The number of aliphatic carboxylic acids is 1. The van der Waals surface area contributed by atoms with Crippen molar-refractivity contribution in [1.29, 1.82) is 0 Å². The molecule has 0 spiro atoms. The summed E-state index contributed by atoms with van der Waals surface area (Å²) in [5.74, 6) is -1.42. The maximum Gasteiger partial charge on any atom is 0.314 e. The molecule has 0 aliphatic carbocycles. The number of benzene rings is 1. The molecule has 0 radical (unpaired) electrons. The number of carbonyl (C=O) groups is 2. The van der Waals surface area contributed by atoms with Crippen molar-refractivity contribution >= 4 is 11.9 Å². The number of aliphatic hydroxyl groups is 1. The Bertz CT molecular complexity index is 460. The Balaban J connectivity index is 2.78. The first kappa shape index (κ1) is 16.2. The van der Waals surface area contributed by atoms with Gasteiger partial charge in [0, 0.05) is 19.6 Å². The lowest BCUT2D eigenvalue weighted by atomic mass is 9.79. The van der Waals surface area contributed by atoms with E-state index in [2.05, 4.69) is 5.32 Å². The fraction of sp³-hybridized carbons (Fsp3) is 0.467. The fourth-order valence-corrected chi connectivity index (χ4v) is 1.84. The van der Waals surface area contributed by atoms with E-state index < -0.39 is 11.4 Å². The topological polar surface area (TPSA) is 86.6 Å². The summed E-state index contributed by atoms with van der Waals surface area (Å²) in [7, 11) is 0. The summed E-state index contributed by atoms with van der Waals surface area (Å²) in [5, 5.41) is 21.0. The Morgan fingerprint density at radius 3 is 2.40 bits per heavy atom. The minimum Gasteiger partial charge on any atom is -0.481 e. The molecule has 3 N–H and O–H groups in total. The Hall–Kier alpha value is -1.88. The van der Waals surface area contributed by atoms with Crippen LogP contribution >= 0.6 is 0 Å². The molecule has 0 heterocycles. The predicted octanol–water partition coefficient (Wildman–Crippen LogP) is 1.16. The minimum absolute atomic E-state index is 0.0187. The van der Waals surface area contributed by atoms with Crippen LogP contribution in [0.25, 0.3) is 0 Å². The predicted molar refractivity (Wildman–Crippen MR) is 75.3 cm³/mol. The van der Waals surface area contributed by atoms with Gasteiger partial charge in [-0.3, -0.25) is 9.59 Å². The second-order valence-electron chi connectivity index (χ2n) is 5.27. The lowest BCUT2D eigenvalue weighted by molar-refractivity contribution is -0.145. The summed E-state index contributed by atoms with van der Waals surface area (Å²) < 4.78 is 0. The van der Waals surface area contributed by atoms with E-state index in [0.717, 1.165) is 0 Å². The van der Waals surface area contributed by atoms with Gasteiger partial charge in [-0.15, -0.1) is 0 Å². The Morgan fingerprint density at radius 1 is 1.30 bits per heavy atom. The van der Waals surface area contributed by atoms with Crippen LogP contribution in [0.2, 0.25) is 0 Å². The van der Waals surface area contributed by atoms with Gasteiger partial charge < -0.3 is 15.5 Å². The highest BCUT2D eigenvalue weighted by Gasteiger charge is 2.37. The van der Waals surface area contributed by atoms with Crippen LogP contribution in [0.1, 0.15) is 25.8 Å². The molecular formula is C15H21NO4. The number of carboxylic acids is 1. The van der Waals surface area contributed by atoms with Crippen molar-refractivity contribution in [2.45, 2.75) is 25.7 Å². The monoisotopic (exact) mass is 279 g/mol. The number of hydrogen-bond donors (Lipinski definition) is 3. The van der Waals surface area contributed by atoms with Gasteiger partial charge in [-0.1, -0.05) is 37.3 Å². The maximum absolute atomic E-state index is 11.9. The summed E-state index contributed by atoms with van der Waals surface area (Å²) in [6.07, 6.45) is -0.134. The van der Waals surface area contributed by atoms with Crippen molar-refractivity contribution in [3.63, 3.8) is 0 Å². The summed E-state index contributed by atoms with van der Waals surface area (Å²) in [6.45, 7) is 3.66. The summed E-state index contributed by atoms with van der Waals surface area (Å²) in [5.41, 5.74) is -0.661. The zero-order valence-electron chi connectivity index (χ0n) is 11.8. The number of hydrogen-bond acceptors (Lipinski definition) is 3. The summed E-state index contributed by atoms with van der Waals surface area (Å²) in [6, 6.07) is 8.72. The number of carboxylic acid groups (broad SMARTS) is 1. The molecule has 1 amide bonds. The number of aliphatic hydroxyl groups excluding tert-OH is 1. The molecule has 20 heavy (non-hydrogen) atoms. The van der Waals surface area contributed by atoms with Gasteiger partial charge in [0.05, 0.1) is 5.41 Å². The highest BCUT2D eigenvalue weighted by atomic mass is 16.4. The lowest BCUT2D eigenvalue weighted by Crippen LogP contribution is -2.40. The van der Waals surface area contributed by atoms with E-state index in [0.29, 0.717) is 12.1 Å². The molecule has 0 fully saturated rings. The van der Waals surface area contributed by atoms with E-state index >= 15 is 0 Å². The SMILES string of the molecule is CC(CO)CNC(=O)CC(C)(C(=O)O)c1ccccc1. The molecule has 0 saturated heterocycles. The molecule has 5 nitrogen and oxygen atoms in total. The van der Waals surface area contributed by atoms with Gasteiger partial charge in [-0.25, -0.2) is 0 Å². The zero-order valence-corrected chi connectivity index (χ0v) is 11.8. The molecule has 2 atom stereocenters. The molecule has 0 saturated carbocycles. The highest BCUT2D eigenvalue weighted by Crippen LogP contribution is 2.27. The number of rotatable bonds is 7. The summed E-state index contributed by atoms with van der Waals surface area (Å²) in [4.78, 5) is 23.4. The van der Waals surface area contributed by atoms with Crippen molar-refractivity contribution in [1.82, 2.24) is 5.32 Å². The molecule has 0 aromatic heterocycles. The van der Waals surface area contributed by atoms with Gasteiger partial charge in [-0.05, 0) is 18.4 Å². The van der Waals surface area contributed by atoms with Crippen LogP contribution in [0.5, 0.6) is 0 Å². The van der Waals surface area contributed by atoms with Gasteiger partial charge in [0.2, 0.25) is 5.91 Å².